The van der Waals surface area contributed by atoms with Crippen molar-refractivity contribution < 1.29 is 18.7 Å². The molecule has 0 aliphatic carbocycles. The number of ether oxygens (including phenoxy) is 1. The second kappa shape index (κ2) is 5.87. The quantitative estimate of drug-likeness (QED) is 0.791. The van der Waals surface area contributed by atoms with Gasteiger partial charge in [0, 0.05) is 18.3 Å². The number of carbonyl (C=O) groups is 2. The molecule has 0 unspecified atom stereocenters. The van der Waals surface area contributed by atoms with Gasteiger partial charge < -0.3 is 21.5 Å². The SMILES string of the molecule is NC(=O)Nc1ccc(Oc2ccnc(C(N)=O)c2)cc1F. The molecule has 0 bridgehead atoms. The fourth-order valence-electron chi connectivity index (χ4n) is 1.54. The molecule has 8 heteroatoms. The Hall–Kier alpha value is -3.16. The van der Waals surface area contributed by atoms with Crippen LogP contribution in [0.1, 0.15) is 10.5 Å². The molecule has 1 aromatic heterocycles. The van der Waals surface area contributed by atoms with Crippen molar-refractivity contribution in [1.82, 2.24) is 4.98 Å². The third-order valence-electron chi connectivity index (χ3n) is 2.42. The van der Waals surface area contributed by atoms with Gasteiger partial charge >= 0.3 is 6.03 Å². The fraction of sp³-hybridized carbons (Fsp3) is 0. The molecule has 3 amide bonds. The summed E-state index contributed by atoms with van der Waals surface area (Å²) >= 11 is 0. The number of nitrogens with one attached hydrogen (secondary N) is 1. The monoisotopic (exact) mass is 290 g/mol. The summed E-state index contributed by atoms with van der Waals surface area (Å²) < 4.78 is 19.1. The lowest BCUT2D eigenvalue weighted by Gasteiger charge is -2.08. The molecule has 5 N–H and O–H groups in total. The van der Waals surface area contributed by atoms with Gasteiger partial charge in [0.05, 0.1) is 5.69 Å². The van der Waals surface area contributed by atoms with E-state index in [4.69, 9.17) is 16.2 Å². The molecule has 0 spiro atoms. The van der Waals surface area contributed by atoms with E-state index in [1.807, 2.05) is 0 Å². The number of hydrogen-bond acceptors (Lipinski definition) is 4. The van der Waals surface area contributed by atoms with Gasteiger partial charge in [0.15, 0.2) is 0 Å². The lowest BCUT2D eigenvalue weighted by atomic mass is 10.3. The summed E-state index contributed by atoms with van der Waals surface area (Å²) in [4.78, 5) is 25.4. The van der Waals surface area contributed by atoms with Crippen LogP contribution < -0.4 is 21.5 Å². The number of halogens is 1. The van der Waals surface area contributed by atoms with Crippen molar-refractivity contribution in [2.75, 3.05) is 5.32 Å². The Labute approximate surface area is 118 Å². The second-order valence-electron chi connectivity index (χ2n) is 3.97. The first-order valence-corrected chi connectivity index (χ1v) is 5.75. The minimum absolute atomic E-state index is 0.0278. The van der Waals surface area contributed by atoms with Crippen molar-refractivity contribution >= 4 is 17.6 Å². The van der Waals surface area contributed by atoms with Crippen LogP contribution >= 0.6 is 0 Å². The maximum Gasteiger partial charge on any atom is 0.316 e. The van der Waals surface area contributed by atoms with E-state index in [9.17, 15) is 14.0 Å². The first-order chi connectivity index (χ1) is 9.95. The number of nitrogens with zero attached hydrogens (tertiary/aromatic N) is 1. The number of carbonyl (C=O) groups excluding carboxylic acids is 2. The Bertz CT molecular complexity index is 706. The molecule has 7 nitrogen and oxygen atoms in total. The predicted molar refractivity (Wildman–Crippen MR) is 72.4 cm³/mol. The highest BCUT2D eigenvalue weighted by atomic mass is 19.1. The van der Waals surface area contributed by atoms with E-state index in [-0.39, 0.29) is 22.9 Å². The second-order valence-corrected chi connectivity index (χ2v) is 3.97. The fourth-order valence-corrected chi connectivity index (χ4v) is 1.54. The van der Waals surface area contributed by atoms with Crippen molar-refractivity contribution in [3.8, 4) is 11.5 Å². The molecule has 0 saturated heterocycles. The van der Waals surface area contributed by atoms with E-state index in [0.29, 0.717) is 0 Å². The molecule has 0 aliphatic rings. The number of primary amides is 2. The van der Waals surface area contributed by atoms with E-state index in [0.717, 1.165) is 6.07 Å². The van der Waals surface area contributed by atoms with Gasteiger partial charge in [-0.25, -0.2) is 9.18 Å². The summed E-state index contributed by atoms with van der Waals surface area (Å²) in [6.45, 7) is 0. The highest BCUT2D eigenvalue weighted by Crippen LogP contribution is 2.25. The third kappa shape index (κ3) is 3.66. The van der Waals surface area contributed by atoms with Crippen LogP contribution in [0, 0.1) is 5.82 Å². The highest BCUT2D eigenvalue weighted by Gasteiger charge is 2.08. The number of benzene rings is 1. The molecular formula is C13H11FN4O3. The summed E-state index contributed by atoms with van der Waals surface area (Å²) in [6, 6.07) is 5.73. The summed E-state index contributed by atoms with van der Waals surface area (Å²) in [7, 11) is 0. The van der Waals surface area contributed by atoms with Gasteiger partial charge in [0.2, 0.25) is 0 Å². The molecule has 0 radical (unpaired) electrons. The van der Waals surface area contributed by atoms with Crippen LogP contribution in [0.25, 0.3) is 0 Å². The molecule has 2 aromatic rings. The van der Waals surface area contributed by atoms with Crippen LogP contribution in [0.4, 0.5) is 14.9 Å². The lowest BCUT2D eigenvalue weighted by molar-refractivity contribution is 0.0995. The molecule has 21 heavy (non-hydrogen) atoms. The minimum Gasteiger partial charge on any atom is -0.457 e. The summed E-state index contributed by atoms with van der Waals surface area (Å²) in [5.41, 5.74) is 9.96. The van der Waals surface area contributed by atoms with Gasteiger partial charge in [0.1, 0.15) is 23.0 Å². The maximum atomic E-state index is 13.7. The topological polar surface area (TPSA) is 120 Å². The zero-order chi connectivity index (χ0) is 15.4. The number of hydrogen-bond donors (Lipinski definition) is 3. The molecular weight excluding hydrogens is 279 g/mol. The van der Waals surface area contributed by atoms with E-state index in [2.05, 4.69) is 10.3 Å². The van der Waals surface area contributed by atoms with E-state index in [1.165, 1.54) is 30.5 Å². The van der Waals surface area contributed by atoms with Crippen molar-refractivity contribution in [2.45, 2.75) is 0 Å². The molecule has 0 atom stereocenters. The van der Waals surface area contributed by atoms with Gasteiger partial charge in [-0.2, -0.15) is 0 Å². The molecule has 2 rings (SSSR count). The van der Waals surface area contributed by atoms with E-state index in [1.54, 1.807) is 0 Å². The summed E-state index contributed by atoms with van der Waals surface area (Å²) in [5.74, 6) is -0.971. The normalized spacial score (nSPS) is 9.95. The molecule has 1 aromatic carbocycles. The van der Waals surface area contributed by atoms with Crippen molar-refractivity contribution in [3.63, 3.8) is 0 Å². The predicted octanol–water partition coefficient (Wildman–Crippen LogP) is 1.60. The average molecular weight is 290 g/mol. The van der Waals surface area contributed by atoms with Crippen LogP contribution in [0.2, 0.25) is 0 Å². The zero-order valence-corrected chi connectivity index (χ0v) is 10.7. The summed E-state index contributed by atoms with van der Waals surface area (Å²) in [6.07, 6.45) is 1.34. The van der Waals surface area contributed by atoms with Gasteiger partial charge in [-0.3, -0.25) is 9.78 Å². The van der Waals surface area contributed by atoms with Crippen molar-refractivity contribution in [3.05, 3.63) is 48.0 Å². The minimum atomic E-state index is -0.872. The highest BCUT2D eigenvalue weighted by molar-refractivity contribution is 5.91. The number of pyridine rings is 1. The first-order valence-electron chi connectivity index (χ1n) is 5.75. The maximum absolute atomic E-state index is 13.7. The van der Waals surface area contributed by atoms with Crippen LogP contribution in [0.5, 0.6) is 11.5 Å². The van der Waals surface area contributed by atoms with Crippen LogP contribution in [-0.2, 0) is 0 Å². The number of nitrogens with two attached hydrogens (primary N) is 2. The zero-order valence-electron chi connectivity index (χ0n) is 10.7. The van der Waals surface area contributed by atoms with Crippen LogP contribution in [0.3, 0.4) is 0 Å². The molecule has 108 valence electrons. The van der Waals surface area contributed by atoms with Crippen molar-refractivity contribution in [1.29, 1.82) is 0 Å². The van der Waals surface area contributed by atoms with Crippen LogP contribution in [-0.4, -0.2) is 16.9 Å². The Kier molecular flexibility index (Phi) is 3.98. The molecule has 0 aliphatic heterocycles. The van der Waals surface area contributed by atoms with Gasteiger partial charge in [-0.15, -0.1) is 0 Å². The lowest BCUT2D eigenvalue weighted by Crippen LogP contribution is -2.19. The van der Waals surface area contributed by atoms with Gasteiger partial charge in [0.25, 0.3) is 5.91 Å². The number of rotatable bonds is 4. The van der Waals surface area contributed by atoms with Crippen LogP contribution in [0.15, 0.2) is 36.5 Å². The first kappa shape index (κ1) is 14.3. The number of anilines is 1. The largest absolute Gasteiger partial charge is 0.457 e. The Balaban J connectivity index is 2.20. The number of amides is 3. The Morgan fingerprint density at radius 1 is 1.14 bits per heavy atom. The third-order valence-corrected chi connectivity index (χ3v) is 2.42. The Morgan fingerprint density at radius 3 is 2.48 bits per heavy atom. The van der Waals surface area contributed by atoms with Gasteiger partial charge in [-0.05, 0) is 18.2 Å². The standard InChI is InChI=1S/C13H11FN4O3/c14-9-5-7(1-2-10(9)18-13(16)20)21-8-3-4-17-11(6-8)12(15)19/h1-6H,(H2,15,19)(H3,16,18,20). The van der Waals surface area contributed by atoms with E-state index >= 15 is 0 Å². The molecule has 1 heterocycles. The Morgan fingerprint density at radius 2 is 1.86 bits per heavy atom. The summed E-state index contributed by atoms with van der Waals surface area (Å²) in [5, 5.41) is 2.13. The number of urea groups is 1. The van der Waals surface area contributed by atoms with Crippen molar-refractivity contribution in [2.24, 2.45) is 11.5 Å². The van der Waals surface area contributed by atoms with E-state index < -0.39 is 17.8 Å². The molecule has 0 saturated carbocycles. The van der Waals surface area contributed by atoms with Gasteiger partial charge in [-0.1, -0.05) is 0 Å². The number of aromatic nitrogens is 1. The smallest absolute Gasteiger partial charge is 0.316 e. The molecule has 0 fully saturated rings. The average Bonchev–Trinajstić information content (AvgIpc) is 2.42.